The van der Waals surface area contributed by atoms with Crippen molar-refractivity contribution in [1.82, 2.24) is 4.98 Å². The SMILES string of the molecule is COC1CCCN(c2nccc(C)c2C(=O)O)C1. The van der Waals surface area contributed by atoms with Crippen molar-refractivity contribution in [3.8, 4) is 0 Å². The number of aromatic nitrogens is 1. The van der Waals surface area contributed by atoms with Gasteiger partial charge in [0.25, 0.3) is 0 Å². The average molecular weight is 250 g/mol. The number of anilines is 1. The van der Waals surface area contributed by atoms with E-state index in [0.29, 0.717) is 17.9 Å². The van der Waals surface area contributed by atoms with E-state index >= 15 is 0 Å². The smallest absolute Gasteiger partial charge is 0.339 e. The zero-order chi connectivity index (χ0) is 13.1. The third kappa shape index (κ3) is 2.46. The number of carboxylic acid groups (broad SMARTS) is 1. The fourth-order valence-electron chi connectivity index (χ4n) is 2.37. The van der Waals surface area contributed by atoms with Crippen molar-refractivity contribution < 1.29 is 14.6 Å². The van der Waals surface area contributed by atoms with Gasteiger partial charge in [0.15, 0.2) is 0 Å². The van der Waals surface area contributed by atoms with E-state index in [4.69, 9.17) is 4.74 Å². The molecule has 0 saturated carbocycles. The molecule has 18 heavy (non-hydrogen) atoms. The molecule has 1 aliphatic heterocycles. The third-order valence-electron chi connectivity index (χ3n) is 3.36. The van der Waals surface area contributed by atoms with Crippen molar-refractivity contribution >= 4 is 11.8 Å². The number of hydrogen-bond acceptors (Lipinski definition) is 4. The molecule has 1 unspecified atom stereocenters. The van der Waals surface area contributed by atoms with Crippen LogP contribution in [0.4, 0.5) is 5.82 Å². The summed E-state index contributed by atoms with van der Waals surface area (Å²) in [6.07, 6.45) is 3.82. The Hall–Kier alpha value is -1.62. The Kier molecular flexibility index (Phi) is 3.81. The zero-order valence-electron chi connectivity index (χ0n) is 10.7. The highest BCUT2D eigenvalue weighted by molar-refractivity contribution is 5.95. The number of carbonyl (C=O) groups is 1. The molecule has 1 aromatic rings. The molecule has 1 saturated heterocycles. The van der Waals surface area contributed by atoms with Gasteiger partial charge in [-0.25, -0.2) is 9.78 Å². The first-order chi connectivity index (χ1) is 8.63. The van der Waals surface area contributed by atoms with Crippen LogP contribution in [-0.4, -0.2) is 42.4 Å². The van der Waals surface area contributed by atoms with Crippen LogP contribution in [0.5, 0.6) is 0 Å². The van der Waals surface area contributed by atoms with E-state index in [9.17, 15) is 9.90 Å². The lowest BCUT2D eigenvalue weighted by molar-refractivity contribution is 0.0693. The molecule has 2 rings (SSSR count). The molecule has 0 bridgehead atoms. The van der Waals surface area contributed by atoms with Gasteiger partial charge in [-0.15, -0.1) is 0 Å². The minimum absolute atomic E-state index is 0.155. The Bertz CT molecular complexity index is 448. The molecule has 0 amide bonds. The van der Waals surface area contributed by atoms with E-state index in [-0.39, 0.29) is 6.10 Å². The second kappa shape index (κ2) is 5.35. The van der Waals surface area contributed by atoms with Crippen LogP contribution in [0.3, 0.4) is 0 Å². The molecule has 1 fully saturated rings. The van der Waals surface area contributed by atoms with Gasteiger partial charge in [0.05, 0.1) is 6.10 Å². The topological polar surface area (TPSA) is 62.7 Å². The van der Waals surface area contributed by atoms with Gasteiger partial charge in [-0.05, 0) is 31.4 Å². The lowest BCUT2D eigenvalue weighted by Crippen LogP contribution is -2.40. The largest absolute Gasteiger partial charge is 0.478 e. The first kappa shape index (κ1) is 12.8. The summed E-state index contributed by atoms with van der Waals surface area (Å²) in [7, 11) is 1.69. The van der Waals surface area contributed by atoms with Crippen molar-refractivity contribution in [3.63, 3.8) is 0 Å². The molecule has 1 aliphatic rings. The second-order valence-electron chi connectivity index (χ2n) is 4.58. The summed E-state index contributed by atoms with van der Waals surface area (Å²) < 4.78 is 5.36. The fraction of sp³-hybridized carbons (Fsp3) is 0.538. The van der Waals surface area contributed by atoms with Gasteiger partial charge in [0, 0.05) is 26.4 Å². The number of ether oxygens (including phenoxy) is 1. The number of aromatic carboxylic acids is 1. The first-order valence-electron chi connectivity index (χ1n) is 6.10. The highest BCUT2D eigenvalue weighted by Crippen LogP contribution is 2.24. The molecule has 2 heterocycles. The van der Waals surface area contributed by atoms with Crippen LogP contribution < -0.4 is 4.90 Å². The monoisotopic (exact) mass is 250 g/mol. The van der Waals surface area contributed by atoms with Crippen molar-refractivity contribution in [3.05, 3.63) is 23.4 Å². The number of rotatable bonds is 3. The summed E-state index contributed by atoms with van der Waals surface area (Å²) >= 11 is 0. The molecule has 1 atom stereocenters. The maximum Gasteiger partial charge on any atom is 0.339 e. The fourth-order valence-corrected chi connectivity index (χ4v) is 2.37. The summed E-state index contributed by atoms with van der Waals surface area (Å²) in [6, 6.07) is 1.73. The lowest BCUT2D eigenvalue weighted by atomic mass is 10.1. The quantitative estimate of drug-likeness (QED) is 0.884. The second-order valence-corrected chi connectivity index (χ2v) is 4.58. The normalized spacial score (nSPS) is 19.9. The standard InChI is InChI=1S/C13H18N2O3/c1-9-5-6-14-12(11(9)13(16)17)15-7-3-4-10(8-15)18-2/h5-6,10H,3-4,7-8H2,1-2H3,(H,16,17). The minimum Gasteiger partial charge on any atom is -0.478 e. The molecule has 0 spiro atoms. The molecule has 0 radical (unpaired) electrons. The summed E-state index contributed by atoms with van der Waals surface area (Å²) in [6.45, 7) is 3.33. The Morgan fingerprint density at radius 2 is 2.39 bits per heavy atom. The average Bonchev–Trinajstić information content (AvgIpc) is 2.38. The van der Waals surface area contributed by atoms with E-state index in [2.05, 4.69) is 4.98 Å². The molecule has 98 valence electrons. The van der Waals surface area contributed by atoms with E-state index in [1.54, 1.807) is 26.3 Å². The number of pyridine rings is 1. The van der Waals surface area contributed by atoms with Gasteiger partial charge in [0.1, 0.15) is 11.4 Å². The van der Waals surface area contributed by atoms with Crippen LogP contribution in [0.1, 0.15) is 28.8 Å². The zero-order valence-corrected chi connectivity index (χ0v) is 10.7. The van der Waals surface area contributed by atoms with Gasteiger partial charge in [-0.3, -0.25) is 0 Å². The maximum atomic E-state index is 11.3. The predicted molar refractivity (Wildman–Crippen MR) is 68.2 cm³/mol. The number of methoxy groups -OCH3 is 1. The molecule has 1 aromatic heterocycles. The van der Waals surface area contributed by atoms with Gasteiger partial charge in [-0.1, -0.05) is 0 Å². The minimum atomic E-state index is -0.921. The van der Waals surface area contributed by atoms with Gasteiger partial charge in [-0.2, -0.15) is 0 Å². The maximum absolute atomic E-state index is 11.3. The number of nitrogens with zero attached hydrogens (tertiary/aromatic N) is 2. The summed E-state index contributed by atoms with van der Waals surface area (Å²) in [5.74, 6) is -0.362. The van der Waals surface area contributed by atoms with Crippen molar-refractivity contribution in [1.29, 1.82) is 0 Å². The van der Waals surface area contributed by atoms with Gasteiger partial charge < -0.3 is 14.7 Å². The Morgan fingerprint density at radius 1 is 1.61 bits per heavy atom. The van der Waals surface area contributed by atoms with Crippen LogP contribution in [0.15, 0.2) is 12.3 Å². The van der Waals surface area contributed by atoms with Crippen LogP contribution in [0, 0.1) is 6.92 Å². The first-order valence-corrected chi connectivity index (χ1v) is 6.10. The Labute approximate surface area is 106 Å². The number of hydrogen-bond donors (Lipinski definition) is 1. The van der Waals surface area contributed by atoms with Gasteiger partial charge >= 0.3 is 5.97 Å². The number of aryl methyl sites for hydroxylation is 1. The predicted octanol–water partition coefficient (Wildman–Crippen LogP) is 1.70. The number of piperidine rings is 1. The molecule has 0 aliphatic carbocycles. The van der Waals surface area contributed by atoms with Crippen LogP contribution in [0.25, 0.3) is 0 Å². The van der Waals surface area contributed by atoms with E-state index in [0.717, 1.165) is 24.9 Å². The Morgan fingerprint density at radius 3 is 3.06 bits per heavy atom. The molecular weight excluding hydrogens is 232 g/mol. The molecular formula is C13H18N2O3. The van der Waals surface area contributed by atoms with Crippen molar-refractivity contribution in [2.45, 2.75) is 25.9 Å². The Balaban J connectivity index is 2.32. The number of carboxylic acids is 1. The van der Waals surface area contributed by atoms with E-state index < -0.39 is 5.97 Å². The molecule has 5 heteroatoms. The van der Waals surface area contributed by atoms with Crippen LogP contribution in [-0.2, 0) is 4.74 Å². The molecule has 0 aromatic carbocycles. The van der Waals surface area contributed by atoms with Crippen LogP contribution in [0.2, 0.25) is 0 Å². The van der Waals surface area contributed by atoms with Crippen LogP contribution >= 0.6 is 0 Å². The highest BCUT2D eigenvalue weighted by atomic mass is 16.5. The summed E-state index contributed by atoms with van der Waals surface area (Å²) in [5.41, 5.74) is 1.04. The lowest BCUT2D eigenvalue weighted by Gasteiger charge is -2.33. The van der Waals surface area contributed by atoms with E-state index in [1.165, 1.54) is 0 Å². The van der Waals surface area contributed by atoms with Crippen molar-refractivity contribution in [2.75, 3.05) is 25.1 Å². The third-order valence-corrected chi connectivity index (χ3v) is 3.36. The van der Waals surface area contributed by atoms with E-state index in [1.807, 2.05) is 4.90 Å². The van der Waals surface area contributed by atoms with Gasteiger partial charge in [0.2, 0.25) is 0 Å². The van der Waals surface area contributed by atoms with Crippen molar-refractivity contribution in [2.24, 2.45) is 0 Å². The molecule has 1 N–H and O–H groups in total. The molecule has 5 nitrogen and oxygen atoms in total. The summed E-state index contributed by atoms with van der Waals surface area (Å²) in [4.78, 5) is 17.6. The highest BCUT2D eigenvalue weighted by Gasteiger charge is 2.25. The summed E-state index contributed by atoms with van der Waals surface area (Å²) in [5, 5.41) is 9.30.